The number of benzene rings is 2. The second-order valence-electron chi connectivity index (χ2n) is 6.07. The van der Waals surface area contributed by atoms with Crippen LogP contribution >= 0.6 is 0 Å². The molecule has 1 amide bonds. The number of hydrogen-bond acceptors (Lipinski definition) is 3. The first-order chi connectivity index (χ1) is 11.6. The summed E-state index contributed by atoms with van der Waals surface area (Å²) in [6, 6.07) is 15.6. The summed E-state index contributed by atoms with van der Waals surface area (Å²) in [7, 11) is 0. The number of nitrogens with two attached hydrogens (primary N) is 1. The number of rotatable bonds is 3. The van der Waals surface area contributed by atoms with E-state index in [1.54, 1.807) is 12.3 Å². The van der Waals surface area contributed by atoms with Gasteiger partial charge in [-0.25, -0.2) is 9.37 Å². The van der Waals surface area contributed by atoms with Crippen molar-refractivity contribution in [3.8, 4) is 11.1 Å². The summed E-state index contributed by atoms with van der Waals surface area (Å²) >= 11 is 0. The maximum absolute atomic E-state index is 13.0. The number of halogens is 1. The zero-order valence-electron chi connectivity index (χ0n) is 12.9. The van der Waals surface area contributed by atoms with Crippen molar-refractivity contribution in [1.82, 2.24) is 4.98 Å². The van der Waals surface area contributed by atoms with E-state index in [-0.39, 0.29) is 5.91 Å². The third-order valence-electron chi connectivity index (χ3n) is 4.28. The molecule has 0 unspecified atom stereocenters. The molecule has 2 atom stereocenters. The zero-order chi connectivity index (χ0) is 16.7. The fraction of sp³-hybridized carbons (Fsp3) is 0.158. The normalized spacial score (nSPS) is 19.2. The highest BCUT2D eigenvalue weighted by atomic mass is 19.1. The molecule has 1 aliphatic carbocycles. The second kappa shape index (κ2) is 5.60. The number of carbonyl (C=O) groups is 1. The molecular weight excluding hydrogens is 305 g/mol. The Bertz CT molecular complexity index is 927. The molecule has 0 bridgehead atoms. The minimum atomic E-state index is -1.02. The van der Waals surface area contributed by atoms with Gasteiger partial charge in [0.05, 0.1) is 5.92 Å². The van der Waals surface area contributed by atoms with Gasteiger partial charge in [0.1, 0.15) is 12.0 Å². The van der Waals surface area contributed by atoms with Gasteiger partial charge in [0.2, 0.25) is 5.91 Å². The first kappa shape index (κ1) is 14.6. The van der Waals surface area contributed by atoms with Gasteiger partial charge in [0, 0.05) is 17.3 Å². The Balaban J connectivity index is 1.71. The Hall–Kier alpha value is -2.95. The number of pyridine rings is 1. The van der Waals surface area contributed by atoms with Gasteiger partial charge in [0.25, 0.3) is 0 Å². The summed E-state index contributed by atoms with van der Waals surface area (Å²) < 4.78 is 13.0. The van der Waals surface area contributed by atoms with Gasteiger partial charge in [-0.15, -0.1) is 0 Å². The van der Waals surface area contributed by atoms with Gasteiger partial charge in [0.15, 0.2) is 0 Å². The molecule has 1 aromatic heterocycles. The number of nitrogens with zero attached hydrogens (tertiary/aromatic N) is 1. The molecule has 120 valence electrons. The molecule has 0 radical (unpaired) electrons. The van der Waals surface area contributed by atoms with Crippen molar-refractivity contribution in [3.05, 3.63) is 54.7 Å². The van der Waals surface area contributed by atoms with Crippen LogP contribution in [-0.4, -0.2) is 17.1 Å². The second-order valence-corrected chi connectivity index (χ2v) is 6.07. The first-order valence-electron chi connectivity index (χ1n) is 7.81. The zero-order valence-corrected chi connectivity index (χ0v) is 12.9. The SMILES string of the molecule is Nc1cc(-c2ccccc2)cc2cc(NC(=O)[C@H]3C[C@H]3F)ncc12. The number of fused-ring (bicyclic) bond motifs is 1. The molecule has 0 aliphatic heterocycles. The number of alkyl halides is 1. The lowest BCUT2D eigenvalue weighted by molar-refractivity contribution is -0.117. The molecule has 24 heavy (non-hydrogen) atoms. The van der Waals surface area contributed by atoms with Crippen molar-refractivity contribution in [2.75, 3.05) is 11.1 Å². The van der Waals surface area contributed by atoms with Gasteiger partial charge in [-0.1, -0.05) is 30.3 Å². The molecule has 5 heteroatoms. The number of hydrogen-bond donors (Lipinski definition) is 2. The minimum Gasteiger partial charge on any atom is -0.398 e. The van der Waals surface area contributed by atoms with E-state index in [0.717, 1.165) is 21.9 Å². The molecule has 0 spiro atoms. The molecule has 1 heterocycles. The number of aromatic nitrogens is 1. The Morgan fingerprint density at radius 2 is 1.92 bits per heavy atom. The number of nitrogens with one attached hydrogen (secondary N) is 1. The van der Waals surface area contributed by atoms with Crippen molar-refractivity contribution in [3.63, 3.8) is 0 Å². The van der Waals surface area contributed by atoms with E-state index in [0.29, 0.717) is 17.9 Å². The van der Waals surface area contributed by atoms with Gasteiger partial charge < -0.3 is 11.1 Å². The molecule has 1 fully saturated rings. The van der Waals surface area contributed by atoms with E-state index < -0.39 is 12.1 Å². The third kappa shape index (κ3) is 2.69. The minimum absolute atomic E-state index is 0.296. The Labute approximate surface area is 138 Å². The molecule has 3 aromatic rings. The Morgan fingerprint density at radius 1 is 1.17 bits per heavy atom. The Kier molecular flexibility index (Phi) is 3.41. The molecule has 1 aliphatic rings. The van der Waals surface area contributed by atoms with E-state index in [4.69, 9.17) is 5.73 Å². The van der Waals surface area contributed by atoms with E-state index in [9.17, 15) is 9.18 Å². The molecule has 4 rings (SSSR count). The molecule has 2 aromatic carbocycles. The first-order valence-corrected chi connectivity index (χ1v) is 7.81. The van der Waals surface area contributed by atoms with Crippen molar-refractivity contribution >= 4 is 28.2 Å². The van der Waals surface area contributed by atoms with E-state index >= 15 is 0 Å². The quantitative estimate of drug-likeness (QED) is 0.721. The highest BCUT2D eigenvalue weighted by Crippen LogP contribution is 2.35. The topological polar surface area (TPSA) is 68.0 Å². The number of amides is 1. The average Bonchev–Trinajstić information content (AvgIpc) is 3.32. The van der Waals surface area contributed by atoms with Crippen LogP contribution in [0.15, 0.2) is 54.7 Å². The lowest BCUT2D eigenvalue weighted by atomic mass is 10.0. The number of carbonyl (C=O) groups excluding carboxylic acids is 1. The van der Waals surface area contributed by atoms with Crippen LogP contribution in [0.3, 0.4) is 0 Å². The van der Waals surface area contributed by atoms with Gasteiger partial charge >= 0.3 is 0 Å². The largest absolute Gasteiger partial charge is 0.398 e. The predicted octanol–water partition coefficient (Wildman–Crippen LogP) is 3.78. The van der Waals surface area contributed by atoms with Crippen molar-refractivity contribution in [2.45, 2.75) is 12.6 Å². The lowest BCUT2D eigenvalue weighted by Crippen LogP contribution is -2.15. The van der Waals surface area contributed by atoms with Crippen LogP contribution in [0.2, 0.25) is 0 Å². The fourth-order valence-electron chi connectivity index (χ4n) is 2.81. The van der Waals surface area contributed by atoms with Gasteiger partial charge in [-0.05, 0) is 41.1 Å². The fourth-order valence-corrected chi connectivity index (χ4v) is 2.81. The van der Waals surface area contributed by atoms with Crippen LogP contribution in [0.5, 0.6) is 0 Å². The van der Waals surface area contributed by atoms with Crippen LogP contribution in [0.25, 0.3) is 21.9 Å². The van der Waals surface area contributed by atoms with Crippen molar-refractivity contribution in [1.29, 1.82) is 0 Å². The summed E-state index contributed by atoms with van der Waals surface area (Å²) in [5.74, 6) is -0.444. The van der Waals surface area contributed by atoms with E-state index in [1.807, 2.05) is 42.5 Å². The molecule has 0 saturated heterocycles. The predicted molar refractivity (Wildman–Crippen MR) is 93.2 cm³/mol. The molecule has 1 saturated carbocycles. The number of nitrogen functional groups attached to an aromatic ring is 1. The molecule has 4 nitrogen and oxygen atoms in total. The van der Waals surface area contributed by atoms with Crippen LogP contribution in [0, 0.1) is 5.92 Å². The van der Waals surface area contributed by atoms with Gasteiger partial charge in [-0.3, -0.25) is 4.79 Å². The van der Waals surface area contributed by atoms with Crippen LogP contribution in [-0.2, 0) is 4.79 Å². The van der Waals surface area contributed by atoms with Crippen molar-refractivity contribution in [2.24, 2.45) is 5.92 Å². The van der Waals surface area contributed by atoms with Crippen LogP contribution < -0.4 is 11.1 Å². The summed E-state index contributed by atoms with van der Waals surface area (Å²) in [4.78, 5) is 16.1. The average molecular weight is 321 g/mol. The smallest absolute Gasteiger partial charge is 0.231 e. The van der Waals surface area contributed by atoms with Crippen LogP contribution in [0.4, 0.5) is 15.9 Å². The highest BCUT2D eigenvalue weighted by Gasteiger charge is 2.43. The van der Waals surface area contributed by atoms with Crippen LogP contribution in [0.1, 0.15) is 6.42 Å². The number of anilines is 2. The standard InChI is InChI=1S/C19H16FN3O/c20-16-9-14(16)19(24)23-18-8-13-6-12(11-4-2-1-3-5-11)7-17(21)15(13)10-22-18/h1-8,10,14,16H,9,21H2,(H,22,23,24)/t14-,16+/m0/s1. The van der Waals surface area contributed by atoms with E-state index in [1.165, 1.54) is 0 Å². The highest BCUT2D eigenvalue weighted by molar-refractivity contribution is 6.00. The van der Waals surface area contributed by atoms with E-state index in [2.05, 4.69) is 10.3 Å². The van der Waals surface area contributed by atoms with Gasteiger partial charge in [-0.2, -0.15) is 0 Å². The molecular formula is C19H16FN3O. The molecule has 3 N–H and O–H groups in total. The maximum atomic E-state index is 13.0. The summed E-state index contributed by atoms with van der Waals surface area (Å²) in [5, 5.41) is 4.38. The Morgan fingerprint density at radius 3 is 2.62 bits per heavy atom. The summed E-state index contributed by atoms with van der Waals surface area (Å²) in [6.07, 6.45) is 0.908. The van der Waals surface area contributed by atoms with Crippen molar-refractivity contribution < 1.29 is 9.18 Å². The monoisotopic (exact) mass is 321 g/mol. The summed E-state index contributed by atoms with van der Waals surface area (Å²) in [6.45, 7) is 0. The lowest BCUT2D eigenvalue weighted by Gasteiger charge is -2.09. The summed E-state index contributed by atoms with van der Waals surface area (Å²) in [5.41, 5.74) is 8.83. The maximum Gasteiger partial charge on any atom is 0.231 e. The third-order valence-corrected chi connectivity index (χ3v) is 4.28.